The first kappa shape index (κ1) is 15.2. The normalized spacial score (nSPS) is 21.4. The minimum Gasteiger partial charge on any atom is -0.283 e. The van der Waals surface area contributed by atoms with Crippen molar-refractivity contribution in [1.82, 2.24) is 0 Å². The minimum absolute atomic E-state index is 0.0952. The van der Waals surface area contributed by atoms with Crippen molar-refractivity contribution >= 4 is 49.2 Å². The van der Waals surface area contributed by atoms with Gasteiger partial charge in [-0.25, -0.2) is 4.39 Å². The van der Waals surface area contributed by atoms with E-state index in [4.69, 9.17) is 11.6 Å². The fourth-order valence-corrected chi connectivity index (χ4v) is 3.58. The molecule has 108 valence electrons. The van der Waals surface area contributed by atoms with Crippen LogP contribution in [0, 0.1) is 5.82 Å². The fourth-order valence-electron chi connectivity index (χ4n) is 2.41. The van der Waals surface area contributed by atoms with Crippen LogP contribution in [0.25, 0.3) is 0 Å². The van der Waals surface area contributed by atoms with Gasteiger partial charge in [0.05, 0.1) is 21.9 Å². The van der Waals surface area contributed by atoms with Crippen molar-refractivity contribution in [2.45, 2.75) is 9.65 Å². The zero-order valence-corrected chi connectivity index (χ0v) is 14.8. The zero-order valence-electron chi connectivity index (χ0n) is 10.9. The molecule has 5 heteroatoms. The van der Waals surface area contributed by atoms with Gasteiger partial charge in [-0.3, -0.25) is 4.99 Å². The quantitative estimate of drug-likeness (QED) is 0.527. The van der Waals surface area contributed by atoms with Gasteiger partial charge in [-0.1, -0.05) is 61.7 Å². The summed E-state index contributed by atoms with van der Waals surface area (Å²) in [6.45, 7) is 0.561. The van der Waals surface area contributed by atoms with Crippen LogP contribution in [0.3, 0.4) is 0 Å². The van der Waals surface area contributed by atoms with Gasteiger partial charge in [0.25, 0.3) is 0 Å². The Morgan fingerprint density at radius 3 is 2.62 bits per heavy atom. The van der Waals surface area contributed by atoms with Crippen LogP contribution >= 0.6 is 43.5 Å². The third-order valence-corrected chi connectivity index (χ3v) is 6.33. The third kappa shape index (κ3) is 2.94. The lowest BCUT2D eigenvalue weighted by atomic mass is 9.96. The van der Waals surface area contributed by atoms with Crippen LogP contribution in [0.1, 0.15) is 21.5 Å². The van der Waals surface area contributed by atoms with Crippen molar-refractivity contribution in [1.29, 1.82) is 0 Å². The number of nitrogens with zero attached hydrogens (tertiary/aromatic N) is 1. The van der Waals surface area contributed by atoms with Crippen LogP contribution in [-0.4, -0.2) is 17.1 Å². The molecule has 1 aliphatic rings. The van der Waals surface area contributed by atoms with E-state index in [1.807, 2.05) is 24.3 Å². The SMILES string of the molecule is Fc1ccccc1C1=NCC(Br)C(Br)c2ccc(Cl)cc21. The number of aliphatic imine (C=N–C) groups is 1. The minimum atomic E-state index is -0.277. The summed E-state index contributed by atoms with van der Waals surface area (Å²) in [7, 11) is 0. The van der Waals surface area contributed by atoms with Crippen LogP contribution in [0.5, 0.6) is 0 Å². The van der Waals surface area contributed by atoms with E-state index < -0.39 is 0 Å². The molecule has 0 N–H and O–H groups in total. The van der Waals surface area contributed by atoms with Crippen LogP contribution in [0.2, 0.25) is 5.02 Å². The van der Waals surface area contributed by atoms with Gasteiger partial charge in [-0.15, -0.1) is 0 Å². The Labute approximate surface area is 144 Å². The Morgan fingerprint density at radius 2 is 1.86 bits per heavy atom. The second kappa shape index (κ2) is 6.19. The summed E-state index contributed by atoms with van der Waals surface area (Å²) in [5, 5.41) is 0.616. The number of halogens is 4. The number of rotatable bonds is 1. The number of fused-ring (bicyclic) bond motifs is 1. The van der Waals surface area contributed by atoms with Crippen LogP contribution in [0.4, 0.5) is 4.39 Å². The molecule has 2 atom stereocenters. The van der Waals surface area contributed by atoms with Crippen molar-refractivity contribution in [2.24, 2.45) is 4.99 Å². The topological polar surface area (TPSA) is 12.4 Å². The molecule has 2 unspecified atom stereocenters. The van der Waals surface area contributed by atoms with Crippen LogP contribution in [-0.2, 0) is 0 Å². The summed E-state index contributed by atoms with van der Waals surface area (Å²) in [5.74, 6) is -0.277. The molecular weight excluding hydrogens is 420 g/mol. The van der Waals surface area contributed by atoms with Gasteiger partial charge in [-0.05, 0) is 29.8 Å². The summed E-state index contributed by atoms with van der Waals surface area (Å²) < 4.78 is 14.2. The number of benzene rings is 2. The molecule has 21 heavy (non-hydrogen) atoms. The Kier molecular flexibility index (Phi) is 4.48. The van der Waals surface area contributed by atoms with Gasteiger partial charge in [0.2, 0.25) is 0 Å². The molecule has 2 aromatic carbocycles. The van der Waals surface area contributed by atoms with Gasteiger partial charge in [0, 0.05) is 16.1 Å². The summed E-state index contributed by atoms with van der Waals surface area (Å²) >= 11 is 13.4. The number of hydrogen-bond acceptors (Lipinski definition) is 1. The molecule has 0 radical (unpaired) electrons. The van der Waals surface area contributed by atoms with E-state index in [-0.39, 0.29) is 15.5 Å². The third-order valence-electron chi connectivity index (χ3n) is 3.44. The predicted octanol–water partition coefficient (Wildman–Crippen LogP) is 5.53. The van der Waals surface area contributed by atoms with Gasteiger partial charge in [0.15, 0.2) is 0 Å². The molecule has 1 aliphatic heterocycles. The van der Waals surface area contributed by atoms with Gasteiger partial charge < -0.3 is 0 Å². The Balaban J connectivity index is 2.24. The van der Waals surface area contributed by atoms with Crippen molar-refractivity contribution in [2.75, 3.05) is 6.54 Å². The van der Waals surface area contributed by atoms with E-state index in [2.05, 4.69) is 36.9 Å². The molecule has 1 nitrogen and oxygen atoms in total. The highest BCUT2D eigenvalue weighted by molar-refractivity contribution is 9.12. The molecule has 0 aliphatic carbocycles. The maximum Gasteiger partial charge on any atom is 0.132 e. The summed E-state index contributed by atoms with van der Waals surface area (Å²) in [6.07, 6.45) is 0. The molecule has 3 rings (SSSR count). The lowest BCUT2D eigenvalue weighted by molar-refractivity contribution is 0.625. The van der Waals surface area contributed by atoms with E-state index in [1.54, 1.807) is 12.1 Å². The second-order valence-electron chi connectivity index (χ2n) is 4.82. The molecular formula is C16H11Br2ClFN. The van der Waals surface area contributed by atoms with E-state index >= 15 is 0 Å². The predicted molar refractivity (Wildman–Crippen MR) is 92.7 cm³/mol. The monoisotopic (exact) mass is 429 g/mol. The largest absolute Gasteiger partial charge is 0.283 e. The lowest BCUT2D eigenvalue weighted by Crippen LogP contribution is -2.09. The maximum atomic E-state index is 14.2. The van der Waals surface area contributed by atoms with Gasteiger partial charge in [-0.2, -0.15) is 0 Å². The van der Waals surface area contributed by atoms with Gasteiger partial charge in [0.1, 0.15) is 5.82 Å². The zero-order chi connectivity index (χ0) is 15.0. The molecule has 0 fully saturated rings. The van der Waals surface area contributed by atoms with Crippen LogP contribution < -0.4 is 0 Å². The highest BCUT2D eigenvalue weighted by Gasteiger charge is 2.27. The Hall–Kier alpha value is -0.710. The summed E-state index contributed by atoms with van der Waals surface area (Å²) in [5.41, 5.74) is 3.08. The van der Waals surface area contributed by atoms with Crippen molar-refractivity contribution in [3.05, 3.63) is 70.0 Å². The van der Waals surface area contributed by atoms with E-state index in [0.29, 0.717) is 22.8 Å². The maximum absolute atomic E-state index is 14.2. The first-order valence-electron chi connectivity index (χ1n) is 6.45. The van der Waals surface area contributed by atoms with Crippen molar-refractivity contribution in [3.63, 3.8) is 0 Å². The average Bonchev–Trinajstić information content (AvgIpc) is 2.59. The Bertz CT molecular complexity index is 717. The molecule has 0 amide bonds. The number of hydrogen-bond donors (Lipinski definition) is 0. The summed E-state index contributed by atoms with van der Waals surface area (Å²) in [4.78, 5) is 4.84. The molecule has 0 bridgehead atoms. The molecule has 0 aromatic heterocycles. The standard InChI is InChI=1S/C16H11Br2ClFN/c17-13-8-21-16(11-3-1-2-4-14(11)20)12-7-9(19)5-6-10(12)15(13)18/h1-7,13,15H,8H2. The van der Waals surface area contributed by atoms with E-state index in [0.717, 1.165) is 11.1 Å². The fraction of sp³-hybridized carbons (Fsp3) is 0.188. The first-order chi connectivity index (χ1) is 10.1. The summed E-state index contributed by atoms with van der Waals surface area (Å²) in [6, 6.07) is 12.3. The average molecular weight is 432 g/mol. The van der Waals surface area contributed by atoms with E-state index in [9.17, 15) is 4.39 Å². The highest BCUT2D eigenvalue weighted by atomic mass is 79.9. The van der Waals surface area contributed by atoms with Crippen molar-refractivity contribution in [3.8, 4) is 0 Å². The molecule has 0 spiro atoms. The molecule has 1 heterocycles. The Morgan fingerprint density at radius 1 is 1.10 bits per heavy atom. The molecule has 2 aromatic rings. The first-order valence-corrected chi connectivity index (χ1v) is 8.66. The highest BCUT2D eigenvalue weighted by Crippen LogP contribution is 2.38. The van der Waals surface area contributed by atoms with E-state index in [1.165, 1.54) is 6.07 Å². The van der Waals surface area contributed by atoms with Crippen LogP contribution in [0.15, 0.2) is 47.5 Å². The smallest absolute Gasteiger partial charge is 0.132 e. The van der Waals surface area contributed by atoms with Crippen molar-refractivity contribution < 1.29 is 4.39 Å². The van der Waals surface area contributed by atoms with Gasteiger partial charge >= 0.3 is 0 Å². The molecule has 0 saturated heterocycles. The number of alkyl halides is 2. The second-order valence-corrected chi connectivity index (χ2v) is 7.42. The molecule has 0 saturated carbocycles. The lowest BCUT2D eigenvalue weighted by Gasteiger charge is -2.16.